The van der Waals surface area contributed by atoms with Gasteiger partial charge < -0.3 is 28.3 Å². The van der Waals surface area contributed by atoms with Crippen LogP contribution in [0.25, 0.3) is 0 Å². The van der Waals surface area contributed by atoms with E-state index in [0.717, 1.165) is 0 Å². The summed E-state index contributed by atoms with van der Waals surface area (Å²) in [5.41, 5.74) is -0.483. The van der Waals surface area contributed by atoms with Crippen LogP contribution in [0.5, 0.6) is 0 Å². The van der Waals surface area contributed by atoms with Crippen molar-refractivity contribution in [2.75, 3.05) is 59.8 Å². The first kappa shape index (κ1) is 24.3. The van der Waals surface area contributed by atoms with Crippen LogP contribution in [0.1, 0.15) is 20.8 Å². The standard InChI is InChI=1S/C17H37NO6Si/c1-17(2,3)24-16(19)18(4)8-9-20-10-11-21-12-13-22-14-15-23-25(5,6)7/h8-15H2,1-7H3. The summed E-state index contributed by atoms with van der Waals surface area (Å²) in [5, 5.41) is 0. The molecule has 150 valence electrons. The smallest absolute Gasteiger partial charge is 0.410 e. The summed E-state index contributed by atoms with van der Waals surface area (Å²) >= 11 is 0. The monoisotopic (exact) mass is 379 g/mol. The Bertz CT molecular complexity index is 354. The van der Waals surface area contributed by atoms with Gasteiger partial charge in [0.25, 0.3) is 0 Å². The molecule has 0 aliphatic carbocycles. The first-order chi connectivity index (χ1) is 11.5. The van der Waals surface area contributed by atoms with Crippen LogP contribution in [-0.2, 0) is 23.4 Å². The lowest BCUT2D eigenvalue weighted by molar-refractivity contribution is 0.00163. The van der Waals surface area contributed by atoms with E-state index in [0.29, 0.717) is 52.8 Å². The first-order valence-corrected chi connectivity index (χ1v) is 12.2. The van der Waals surface area contributed by atoms with Crippen molar-refractivity contribution in [3.8, 4) is 0 Å². The molecule has 1 amide bonds. The van der Waals surface area contributed by atoms with Crippen LogP contribution in [0.4, 0.5) is 4.79 Å². The number of nitrogens with zero attached hydrogens (tertiary/aromatic N) is 1. The van der Waals surface area contributed by atoms with Crippen molar-refractivity contribution in [3.05, 3.63) is 0 Å². The fraction of sp³-hybridized carbons (Fsp3) is 0.941. The van der Waals surface area contributed by atoms with Gasteiger partial charge in [-0.1, -0.05) is 0 Å². The van der Waals surface area contributed by atoms with Crippen molar-refractivity contribution in [2.45, 2.75) is 46.0 Å². The minimum atomic E-state index is -1.44. The molecule has 0 unspecified atom stereocenters. The van der Waals surface area contributed by atoms with Crippen molar-refractivity contribution < 1.29 is 28.2 Å². The second-order valence-electron chi connectivity index (χ2n) is 7.70. The highest BCUT2D eigenvalue weighted by atomic mass is 28.4. The maximum atomic E-state index is 11.7. The van der Waals surface area contributed by atoms with Gasteiger partial charge in [0.05, 0.1) is 46.2 Å². The molecule has 0 aliphatic heterocycles. The highest BCUT2D eigenvalue weighted by Gasteiger charge is 2.19. The van der Waals surface area contributed by atoms with Gasteiger partial charge in [0.15, 0.2) is 8.32 Å². The summed E-state index contributed by atoms with van der Waals surface area (Å²) in [6, 6.07) is 0. The number of amides is 1. The van der Waals surface area contributed by atoms with E-state index in [9.17, 15) is 4.79 Å². The molecule has 0 rings (SSSR count). The van der Waals surface area contributed by atoms with Crippen molar-refractivity contribution >= 4 is 14.4 Å². The topological polar surface area (TPSA) is 66.5 Å². The van der Waals surface area contributed by atoms with Crippen molar-refractivity contribution in [2.24, 2.45) is 0 Å². The second-order valence-corrected chi connectivity index (χ2v) is 12.2. The Labute approximate surface area is 154 Å². The van der Waals surface area contributed by atoms with E-state index in [1.807, 2.05) is 20.8 Å². The second kappa shape index (κ2) is 12.6. The molecule has 25 heavy (non-hydrogen) atoms. The lowest BCUT2D eigenvalue weighted by atomic mass is 10.2. The average Bonchev–Trinajstić information content (AvgIpc) is 2.45. The van der Waals surface area contributed by atoms with Gasteiger partial charge in [-0.3, -0.25) is 0 Å². The zero-order chi connectivity index (χ0) is 19.3. The van der Waals surface area contributed by atoms with Crippen LogP contribution >= 0.6 is 0 Å². The van der Waals surface area contributed by atoms with Crippen LogP contribution in [0.2, 0.25) is 19.6 Å². The SMILES string of the molecule is CN(CCOCCOCCOCCO[Si](C)(C)C)C(=O)OC(C)(C)C. The van der Waals surface area contributed by atoms with Gasteiger partial charge in [-0.2, -0.15) is 0 Å². The highest BCUT2D eigenvalue weighted by Crippen LogP contribution is 2.08. The Hall–Kier alpha value is -0.673. The lowest BCUT2D eigenvalue weighted by Crippen LogP contribution is -2.36. The molecule has 8 heteroatoms. The van der Waals surface area contributed by atoms with E-state index in [4.69, 9.17) is 23.4 Å². The number of hydrogen-bond donors (Lipinski definition) is 0. The minimum Gasteiger partial charge on any atom is -0.444 e. The molecule has 0 aromatic heterocycles. The van der Waals surface area contributed by atoms with E-state index in [1.54, 1.807) is 7.05 Å². The molecule has 0 fully saturated rings. The number of carbonyl (C=O) groups is 1. The molecule has 0 atom stereocenters. The fourth-order valence-electron chi connectivity index (χ4n) is 1.58. The molecule has 0 heterocycles. The molecule has 0 aromatic rings. The molecule has 0 bridgehead atoms. The third-order valence-electron chi connectivity index (χ3n) is 2.78. The Balaban J connectivity index is 3.38. The summed E-state index contributed by atoms with van der Waals surface area (Å²) in [5.74, 6) is 0. The maximum absolute atomic E-state index is 11.7. The number of hydrogen-bond acceptors (Lipinski definition) is 6. The summed E-state index contributed by atoms with van der Waals surface area (Å²) in [6.45, 7) is 16.2. The predicted molar refractivity (Wildman–Crippen MR) is 101 cm³/mol. The molecular weight excluding hydrogens is 342 g/mol. The third kappa shape index (κ3) is 17.9. The zero-order valence-electron chi connectivity index (χ0n) is 17.1. The Kier molecular flexibility index (Phi) is 12.3. The van der Waals surface area contributed by atoms with Gasteiger partial charge in [-0.25, -0.2) is 4.79 Å². The summed E-state index contributed by atoms with van der Waals surface area (Å²) in [4.78, 5) is 13.2. The van der Waals surface area contributed by atoms with E-state index < -0.39 is 13.9 Å². The molecule has 7 nitrogen and oxygen atoms in total. The summed E-state index contributed by atoms with van der Waals surface area (Å²) in [6.07, 6.45) is -0.345. The van der Waals surface area contributed by atoms with Crippen LogP contribution in [0.15, 0.2) is 0 Å². The minimum absolute atomic E-state index is 0.345. The van der Waals surface area contributed by atoms with Crippen molar-refractivity contribution in [1.82, 2.24) is 4.90 Å². The quantitative estimate of drug-likeness (QED) is 0.362. The van der Waals surface area contributed by atoms with Crippen molar-refractivity contribution in [3.63, 3.8) is 0 Å². The summed E-state index contributed by atoms with van der Waals surface area (Å²) < 4.78 is 27.2. The van der Waals surface area contributed by atoms with Crippen LogP contribution in [0, 0.1) is 0 Å². The zero-order valence-corrected chi connectivity index (χ0v) is 18.1. The van der Waals surface area contributed by atoms with E-state index in [2.05, 4.69) is 19.6 Å². The van der Waals surface area contributed by atoms with Crippen LogP contribution < -0.4 is 0 Å². The molecule has 0 radical (unpaired) electrons. The van der Waals surface area contributed by atoms with Gasteiger partial charge in [-0.05, 0) is 40.4 Å². The molecule has 0 aliphatic rings. The van der Waals surface area contributed by atoms with Crippen LogP contribution in [0.3, 0.4) is 0 Å². The molecule has 0 aromatic carbocycles. The fourth-order valence-corrected chi connectivity index (χ4v) is 2.28. The largest absolute Gasteiger partial charge is 0.444 e. The Morgan fingerprint density at radius 3 is 1.72 bits per heavy atom. The predicted octanol–water partition coefficient (Wildman–Crippen LogP) is 2.75. The molecular formula is C17H37NO6Si. The van der Waals surface area contributed by atoms with Crippen molar-refractivity contribution in [1.29, 1.82) is 0 Å². The lowest BCUT2D eigenvalue weighted by Gasteiger charge is -2.24. The third-order valence-corrected chi connectivity index (χ3v) is 3.85. The molecule has 0 saturated carbocycles. The molecule has 0 N–H and O–H groups in total. The Morgan fingerprint density at radius 1 is 0.840 bits per heavy atom. The number of likely N-dealkylation sites (N-methyl/N-ethyl adjacent to an activating group) is 1. The average molecular weight is 380 g/mol. The maximum Gasteiger partial charge on any atom is 0.410 e. The van der Waals surface area contributed by atoms with E-state index >= 15 is 0 Å². The van der Waals surface area contributed by atoms with E-state index in [-0.39, 0.29) is 6.09 Å². The normalized spacial score (nSPS) is 12.3. The number of rotatable bonds is 13. The number of carbonyl (C=O) groups excluding carboxylic acids is 1. The Morgan fingerprint density at radius 2 is 1.28 bits per heavy atom. The van der Waals surface area contributed by atoms with Gasteiger partial charge in [-0.15, -0.1) is 0 Å². The first-order valence-electron chi connectivity index (χ1n) is 8.82. The van der Waals surface area contributed by atoms with Gasteiger partial charge in [0, 0.05) is 13.6 Å². The van der Waals surface area contributed by atoms with Gasteiger partial charge >= 0.3 is 6.09 Å². The number of ether oxygens (including phenoxy) is 4. The van der Waals surface area contributed by atoms with Crippen LogP contribution in [-0.4, -0.2) is 84.8 Å². The molecule has 0 spiro atoms. The van der Waals surface area contributed by atoms with Gasteiger partial charge in [0.2, 0.25) is 0 Å². The molecule has 0 saturated heterocycles. The van der Waals surface area contributed by atoms with E-state index in [1.165, 1.54) is 4.90 Å². The van der Waals surface area contributed by atoms with Gasteiger partial charge in [0.1, 0.15) is 5.60 Å². The highest BCUT2D eigenvalue weighted by molar-refractivity contribution is 6.69. The summed E-state index contributed by atoms with van der Waals surface area (Å²) in [7, 11) is 0.253.